The molecule has 96 valence electrons. The number of benzene rings is 2. The Hall–Kier alpha value is -2.29. The summed E-state index contributed by atoms with van der Waals surface area (Å²) in [5.41, 5.74) is 2.90. The molecule has 0 saturated heterocycles. The molecule has 1 atom stereocenters. The molecule has 0 saturated carbocycles. The highest BCUT2D eigenvalue weighted by atomic mass is 16.5. The summed E-state index contributed by atoms with van der Waals surface area (Å²) < 4.78 is 5.63. The van der Waals surface area contributed by atoms with E-state index in [2.05, 4.69) is 11.4 Å². The first-order chi connectivity index (χ1) is 9.24. The number of carbonyl (C=O) groups is 1. The molecular weight excluding hydrogens is 238 g/mol. The molecule has 3 rings (SSSR count). The van der Waals surface area contributed by atoms with Crippen LogP contribution in [0.15, 0.2) is 48.5 Å². The van der Waals surface area contributed by atoms with Crippen LogP contribution in [0.2, 0.25) is 0 Å². The van der Waals surface area contributed by atoms with Crippen LogP contribution in [-0.4, -0.2) is 12.4 Å². The maximum absolute atomic E-state index is 11.2. The van der Waals surface area contributed by atoms with Gasteiger partial charge in [-0.3, -0.25) is 4.79 Å². The van der Waals surface area contributed by atoms with E-state index in [0.717, 1.165) is 17.0 Å². The van der Waals surface area contributed by atoms with Crippen molar-refractivity contribution >= 4 is 11.5 Å². The van der Waals surface area contributed by atoms with Crippen molar-refractivity contribution in [3.63, 3.8) is 0 Å². The van der Waals surface area contributed by atoms with Crippen LogP contribution in [0.4, 0.5) is 5.69 Å². The summed E-state index contributed by atoms with van der Waals surface area (Å²) in [6, 6.07) is 15.7. The molecule has 0 bridgehead atoms. The zero-order valence-electron chi connectivity index (χ0n) is 10.7. The van der Waals surface area contributed by atoms with Crippen LogP contribution in [0.25, 0.3) is 0 Å². The summed E-state index contributed by atoms with van der Waals surface area (Å²) in [6.45, 7) is 2.21. The molecule has 1 unspecified atom stereocenters. The van der Waals surface area contributed by atoms with Crippen LogP contribution in [0.5, 0.6) is 5.75 Å². The predicted octanol–water partition coefficient (Wildman–Crippen LogP) is 3.43. The quantitative estimate of drug-likeness (QED) is 0.852. The first-order valence-electron chi connectivity index (χ1n) is 6.33. The highest BCUT2D eigenvalue weighted by molar-refractivity contribution is 5.94. The summed E-state index contributed by atoms with van der Waals surface area (Å²) in [6.07, 6.45) is 0. The molecule has 3 heteroatoms. The van der Waals surface area contributed by atoms with Crippen molar-refractivity contribution in [2.45, 2.75) is 13.0 Å². The Morgan fingerprint density at radius 3 is 2.63 bits per heavy atom. The third-order valence-electron chi connectivity index (χ3n) is 3.33. The average molecular weight is 253 g/mol. The van der Waals surface area contributed by atoms with E-state index in [0.29, 0.717) is 6.61 Å². The summed E-state index contributed by atoms with van der Waals surface area (Å²) in [4.78, 5) is 11.2. The molecule has 2 aromatic rings. The van der Waals surface area contributed by atoms with E-state index < -0.39 is 0 Å². The zero-order valence-corrected chi connectivity index (χ0v) is 10.7. The molecule has 0 aliphatic carbocycles. The zero-order chi connectivity index (χ0) is 13.2. The van der Waals surface area contributed by atoms with Gasteiger partial charge in [0.2, 0.25) is 0 Å². The lowest BCUT2D eigenvalue weighted by atomic mass is 10.1. The fourth-order valence-corrected chi connectivity index (χ4v) is 2.28. The smallest absolute Gasteiger partial charge is 0.159 e. The van der Waals surface area contributed by atoms with Gasteiger partial charge in [0.15, 0.2) is 5.78 Å². The Morgan fingerprint density at radius 2 is 1.89 bits per heavy atom. The van der Waals surface area contributed by atoms with Gasteiger partial charge in [-0.1, -0.05) is 18.2 Å². The molecule has 0 spiro atoms. The monoisotopic (exact) mass is 253 g/mol. The van der Waals surface area contributed by atoms with Crippen molar-refractivity contribution < 1.29 is 9.53 Å². The van der Waals surface area contributed by atoms with Gasteiger partial charge >= 0.3 is 0 Å². The third-order valence-corrected chi connectivity index (χ3v) is 3.33. The van der Waals surface area contributed by atoms with E-state index in [-0.39, 0.29) is 11.8 Å². The Balaban J connectivity index is 1.78. The average Bonchev–Trinajstić information content (AvgIpc) is 2.83. The van der Waals surface area contributed by atoms with Crippen molar-refractivity contribution in [2.75, 3.05) is 11.9 Å². The number of anilines is 1. The molecule has 0 aromatic heterocycles. The first-order valence-corrected chi connectivity index (χ1v) is 6.33. The van der Waals surface area contributed by atoms with Gasteiger partial charge in [-0.2, -0.15) is 0 Å². The van der Waals surface area contributed by atoms with Crippen LogP contribution in [0.1, 0.15) is 28.9 Å². The topological polar surface area (TPSA) is 38.3 Å². The van der Waals surface area contributed by atoms with E-state index in [1.807, 2.05) is 42.5 Å². The number of nitrogens with one attached hydrogen (secondary N) is 1. The van der Waals surface area contributed by atoms with Crippen molar-refractivity contribution in [3.05, 3.63) is 59.7 Å². The van der Waals surface area contributed by atoms with Crippen LogP contribution >= 0.6 is 0 Å². The highest BCUT2D eigenvalue weighted by Gasteiger charge is 2.23. The Bertz CT molecular complexity index is 604. The first kappa shape index (κ1) is 11.8. The molecule has 1 aliphatic heterocycles. The van der Waals surface area contributed by atoms with Crippen molar-refractivity contribution in [1.82, 2.24) is 0 Å². The van der Waals surface area contributed by atoms with Crippen molar-refractivity contribution in [1.29, 1.82) is 0 Å². The Kier molecular flexibility index (Phi) is 2.95. The fraction of sp³-hybridized carbons (Fsp3) is 0.188. The summed E-state index contributed by atoms with van der Waals surface area (Å²) >= 11 is 0. The molecule has 1 N–H and O–H groups in total. The third kappa shape index (κ3) is 2.32. The fourth-order valence-electron chi connectivity index (χ4n) is 2.28. The molecule has 3 nitrogen and oxygen atoms in total. The maximum Gasteiger partial charge on any atom is 0.159 e. The van der Waals surface area contributed by atoms with Gasteiger partial charge in [-0.05, 0) is 37.3 Å². The molecule has 1 aliphatic rings. The van der Waals surface area contributed by atoms with Gasteiger partial charge in [0.05, 0.1) is 6.04 Å². The van der Waals surface area contributed by atoms with Gasteiger partial charge < -0.3 is 10.1 Å². The number of ether oxygens (including phenoxy) is 1. The molecule has 0 radical (unpaired) electrons. The minimum absolute atomic E-state index is 0.0843. The molecule has 1 heterocycles. The van der Waals surface area contributed by atoms with Gasteiger partial charge in [0.1, 0.15) is 12.4 Å². The molecule has 0 amide bonds. The number of ketones is 1. The molecular formula is C16H15NO2. The van der Waals surface area contributed by atoms with Gasteiger partial charge in [0, 0.05) is 16.8 Å². The second kappa shape index (κ2) is 4.76. The number of hydrogen-bond acceptors (Lipinski definition) is 3. The Morgan fingerprint density at radius 1 is 1.16 bits per heavy atom. The van der Waals surface area contributed by atoms with Gasteiger partial charge in [-0.25, -0.2) is 0 Å². The van der Waals surface area contributed by atoms with E-state index in [9.17, 15) is 4.79 Å². The minimum atomic E-state index is 0.0843. The minimum Gasteiger partial charge on any atom is -0.491 e. The highest BCUT2D eigenvalue weighted by Crippen LogP contribution is 2.33. The number of carbonyl (C=O) groups excluding carboxylic acids is 1. The van der Waals surface area contributed by atoms with Crippen LogP contribution in [-0.2, 0) is 0 Å². The number of hydrogen-bond donors (Lipinski definition) is 1. The summed E-state index contributed by atoms with van der Waals surface area (Å²) in [7, 11) is 0. The maximum atomic E-state index is 11.2. The lowest BCUT2D eigenvalue weighted by Crippen LogP contribution is -2.11. The lowest BCUT2D eigenvalue weighted by molar-refractivity contribution is 0.101. The second-order valence-electron chi connectivity index (χ2n) is 4.68. The Labute approximate surface area is 112 Å². The molecule has 2 aromatic carbocycles. The van der Waals surface area contributed by atoms with E-state index in [4.69, 9.17) is 4.74 Å². The second-order valence-corrected chi connectivity index (χ2v) is 4.68. The molecule has 0 fully saturated rings. The number of para-hydroxylation sites is 1. The number of fused-ring (bicyclic) bond motifs is 1. The van der Waals surface area contributed by atoms with Crippen LogP contribution in [0, 0.1) is 0 Å². The van der Waals surface area contributed by atoms with Crippen molar-refractivity contribution in [2.24, 2.45) is 0 Å². The predicted molar refractivity (Wildman–Crippen MR) is 74.7 cm³/mol. The summed E-state index contributed by atoms with van der Waals surface area (Å²) in [5, 5.41) is 3.43. The van der Waals surface area contributed by atoms with Crippen molar-refractivity contribution in [3.8, 4) is 5.75 Å². The van der Waals surface area contributed by atoms with E-state index in [1.165, 1.54) is 5.56 Å². The van der Waals surface area contributed by atoms with Crippen LogP contribution in [0.3, 0.4) is 0 Å². The largest absolute Gasteiger partial charge is 0.491 e. The number of Topliss-reactive ketones (excluding diaryl/α,β-unsaturated/α-hetero) is 1. The standard InChI is InChI=1S/C16H15NO2/c1-11(18)12-6-8-13(9-7-12)17-15-10-19-16-5-3-2-4-14(15)16/h2-9,15,17H,10H2,1H3. The van der Waals surface area contributed by atoms with E-state index in [1.54, 1.807) is 6.92 Å². The van der Waals surface area contributed by atoms with Gasteiger partial charge in [0.25, 0.3) is 0 Å². The normalized spacial score (nSPS) is 16.6. The van der Waals surface area contributed by atoms with Gasteiger partial charge in [-0.15, -0.1) is 0 Å². The molecule has 19 heavy (non-hydrogen) atoms. The van der Waals surface area contributed by atoms with E-state index >= 15 is 0 Å². The number of rotatable bonds is 3. The summed E-state index contributed by atoms with van der Waals surface area (Å²) in [5.74, 6) is 1.03. The lowest BCUT2D eigenvalue weighted by Gasteiger charge is -2.13. The SMILES string of the molecule is CC(=O)c1ccc(NC2COc3ccccc32)cc1. The van der Waals surface area contributed by atoms with Crippen LogP contribution < -0.4 is 10.1 Å².